The van der Waals surface area contributed by atoms with E-state index in [1.165, 1.54) is 32.4 Å². The molecule has 1 aliphatic carbocycles. The van der Waals surface area contributed by atoms with E-state index in [0.717, 1.165) is 23.9 Å². The van der Waals surface area contributed by atoms with Crippen LogP contribution in [-0.4, -0.2) is 37.1 Å². The minimum Gasteiger partial charge on any atom is -0.311 e. The largest absolute Gasteiger partial charge is 0.311 e. The van der Waals surface area contributed by atoms with Gasteiger partial charge in [-0.2, -0.15) is 0 Å². The maximum Gasteiger partial charge on any atom is 0.00989 e. The maximum absolute atomic E-state index is 3.77. The van der Waals surface area contributed by atoms with Gasteiger partial charge in [-0.3, -0.25) is 0 Å². The summed E-state index contributed by atoms with van der Waals surface area (Å²) in [5.74, 6) is 1.85. The highest BCUT2D eigenvalue weighted by Crippen LogP contribution is 2.31. The summed E-state index contributed by atoms with van der Waals surface area (Å²) < 4.78 is 0. The number of hydrogen-bond donors (Lipinski definition) is 1. The van der Waals surface area contributed by atoms with Gasteiger partial charge in [0.15, 0.2) is 0 Å². The van der Waals surface area contributed by atoms with E-state index in [2.05, 4.69) is 31.1 Å². The van der Waals surface area contributed by atoms with Crippen LogP contribution in [0.15, 0.2) is 0 Å². The van der Waals surface area contributed by atoms with Gasteiger partial charge in [0.2, 0.25) is 0 Å². The fraction of sp³-hybridized carbons (Fsp3) is 1.00. The zero-order valence-electron chi connectivity index (χ0n) is 9.79. The molecule has 2 fully saturated rings. The molecule has 0 aromatic rings. The second kappa shape index (κ2) is 4.19. The van der Waals surface area contributed by atoms with Crippen molar-refractivity contribution >= 4 is 0 Å². The van der Waals surface area contributed by atoms with E-state index in [1.807, 2.05) is 0 Å². The summed E-state index contributed by atoms with van der Waals surface area (Å²) in [5.41, 5.74) is 0. The first-order chi connectivity index (χ1) is 6.66. The summed E-state index contributed by atoms with van der Waals surface area (Å²) in [5, 5.41) is 3.77. The fourth-order valence-corrected chi connectivity index (χ4v) is 2.56. The third-order valence-corrected chi connectivity index (χ3v) is 4.06. The summed E-state index contributed by atoms with van der Waals surface area (Å²) in [6.07, 6.45) is 4.16. The number of nitrogens with zero attached hydrogens (tertiary/aromatic N) is 1. The summed E-state index contributed by atoms with van der Waals surface area (Å²) >= 11 is 0. The summed E-state index contributed by atoms with van der Waals surface area (Å²) in [4.78, 5) is 2.45. The van der Waals surface area contributed by atoms with Gasteiger partial charge in [-0.1, -0.05) is 6.92 Å². The first-order valence-electron chi connectivity index (χ1n) is 6.11. The predicted molar refractivity (Wildman–Crippen MR) is 60.4 cm³/mol. The van der Waals surface area contributed by atoms with Gasteiger partial charge in [-0.15, -0.1) is 0 Å². The SMILES string of the molecule is CC1CC1NC(C)C1CCN(C)CC1. The zero-order chi connectivity index (χ0) is 10.1. The van der Waals surface area contributed by atoms with Gasteiger partial charge in [0.05, 0.1) is 0 Å². The highest BCUT2D eigenvalue weighted by molar-refractivity contribution is 4.93. The lowest BCUT2D eigenvalue weighted by atomic mass is 9.90. The molecule has 0 spiro atoms. The number of likely N-dealkylation sites (tertiary alicyclic amines) is 1. The monoisotopic (exact) mass is 196 g/mol. The van der Waals surface area contributed by atoms with Crippen LogP contribution in [0.2, 0.25) is 0 Å². The molecule has 3 atom stereocenters. The molecule has 14 heavy (non-hydrogen) atoms. The van der Waals surface area contributed by atoms with Gasteiger partial charge >= 0.3 is 0 Å². The Balaban J connectivity index is 1.72. The van der Waals surface area contributed by atoms with E-state index >= 15 is 0 Å². The molecule has 1 aliphatic heterocycles. The van der Waals surface area contributed by atoms with Crippen molar-refractivity contribution in [2.45, 2.75) is 45.2 Å². The van der Waals surface area contributed by atoms with Crippen molar-refractivity contribution in [3.63, 3.8) is 0 Å². The smallest absolute Gasteiger partial charge is 0.00989 e. The van der Waals surface area contributed by atoms with Crippen molar-refractivity contribution in [1.29, 1.82) is 0 Å². The molecule has 2 nitrogen and oxygen atoms in total. The molecule has 1 saturated carbocycles. The van der Waals surface area contributed by atoms with E-state index in [9.17, 15) is 0 Å². The van der Waals surface area contributed by atoms with Crippen LogP contribution in [-0.2, 0) is 0 Å². The molecule has 0 amide bonds. The van der Waals surface area contributed by atoms with Crippen LogP contribution in [0.1, 0.15) is 33.1 Å². The van der Waals surface area contributed by atoms with Crippen molar-refractivity contribution in [3.05, 3.63) is 0 Å². The summed E-state index contributed by atoms with van der Waals surface area (Å²) in [6.45, 7) is 7.30. The van der Waals surface area contributed by atoms with Gasteiger partial charge in [-0.05, 0) is 58.2 Å². The Morgan fingerprint density at radius 3 is 2.36 bits per heavy atom. The molecule has 1 heterocycles. The van der Waals surface area contributed by atoms with Crippen molar-refractivity contribution < 1.29 is 0 Å². The lowest BCUT2D eigenvalue weighted by Gasteiger charge is -2.33. The van der Waals surface area contributed by atoms with Crippen LogP contribution in [0.5, 0.6) is 0 Å². The Labute approximate surface area is 88.1 Å². The molecule has 82 valence electrons. The van der Waals surface area contributed by atoms with E-state index in [-0.39, 0.29) is 0 Å². The lowest BCUT2D eigenvalue weighted by Crippen LogP contribution is -2.41. The second-order valence-corrected chi connectivity index (χ2v) is 5.42. The Kier molecular flexibility index (Phi) is 3.13. The first-order valence-corrected chi connectivity index (χ1v) is 6.11. The molecule has 0 bridgehead atoms. The van der Waals surface area contributed by atoms with Crippen LogP contribution >= 0.6 is 0 Å². The average Bonchev–Trinajstić information content (AvgIpc) is 2.82. The molecule has 0 radical (unpaired) electrons. The van der Waals surface area contributed by atoms with Crippen LogP contribution in [0.25, 0.3) is 0 Å². The predicted octanol–water partition coefficient (Wildman–Crippen LogP) is 1.71. The van der Waals surface area contributed by atoms with Gasteiger partial charge in [0.1, 0.15) is 0 Å². The average molecular weight is 196 g/mol. The minimum absolute atomic E-state index is 0.735. The Bertz CT molecular complexity index is 185. The maximum atomic E-state index is 3.77. The van der Waals surface area contributed by atoms with E-state index < -0.39 is 0 Å². The lowest BCUT2D eigenvalue weighted by molar-refractivity contribution is 0.189. The Hall–Kier alpha value is -0.0800. The van der Waals surface area contributed by atoms with Crippen LogP contribution in [0, 0.1) is 11.8 Å². The quantitative estimate of drug-likeness (QED) is 0.739. The van der Waals surface area contributed by atoms with Crippen molar-refractivity contribution in [2.24, 2.45) is 11.8 Å². The van der Waals surface area contributed by atoms with E-state index in [1.54, 1.807) is 0 Å². The number of rotatable bonds is 3. The van der Waals surface area contributed by atoms with Crippen LogP contribution < -0.4 is 5.32 Å². The number of hydrogen-bond acceptors (Lipinski definition) is 2. The molecular weight excluding hydrogens is 172 g/mol. The molecule has 0 aromatic carbocycles. The minimum atomic E-state index is 0.735. The van der Waals surface area contributed by atoms with Gasteiger partial charge in [-0.25, -0.2) is 0 Å². The first kappa shape index (κ1) is 10.4. The summed E-state index contributed by atoms with van der Waals surface area (Å²) in [6, 6.07) is 1.57. The van der Waals surface area contributed by atoms with Crippen LogP contribution in [0.3, 0.4) is 0 Å². The molecule has 3 unspecified atom stereocenters. The topological polar surface area (TPSA) is 15.3 Å². The Morgan fingerprint density at radius 1 is 1.29 bits per heavy atom. The zero-order valence-corrected chi connectivity index (χ0v) is 9.79. The molecule has 0 aromatic heterocycles. The standard InChI is InChI=1S/C12H24N2/c1-9-8-12(9)13-10(2)11-4-6-14(3)7-5-11/h9-13H,4-8H2,1-3H3. The van der Waals surface area contributed by atoms with Crippen LogP contribution in [0.4, 0.5) is 0 Å². The molecule has 2 aliphatic rings. The number of piperidine rings is 1. The fourth-order valence-electron chi connectivity index (χ4n) is 2.56. The molecular formula is C12H24N2. The van der Waals surface area contributed by atoms with Crippen molar-refractivity contribution in [3.8, 4) is 0 Å². The van der Waals surface area contributed by atoms with Crippen molar-refractivity contribution in [1.82, 2.24) is 10.2 Å². The number of nitrogens with one attached hydrogen (secondary N) is 1. The van der Waals surface area contributed by atoms with E-state index in [4.69, 9.17) is 0 Å². The molecule has 2 heteroatoms. The normalized spacial score (nSPS) is 37.1. The van der Waals surface area contributed by atoms with Gasteiger partial charge in [0, 0.05) is 12.1 Å². The molecule has 1 N–H and O–H groups in total. The second-order valence-electron chi connectivity index (χ2n) is 5.42. The highest BCUT2D eigenvalue weighted by Gasteiger charge is 2.35. The highest BCUT2D eigenvalue weighted by atomic mass is 15.1. The molecule has 1 saturated heterocycles. The van der Waals surface area contributed by atoms with Crippen molar-refractivity contribution in [2.75, 3.05) is 20.1 Å². The van der Waals surface area contributed by atoms with Gasteiger partial charge in [0.25, 0.3) is 0 Å². The summed E-state index contributed by atoms with van der Waals surface area (Å²) in [7, 11) is 2.23. The van der Waals surface area contributed by atoms with Gasteiger partial charge < -0.3 is 10.2 Å². The Morgan fingerprint density at radius 2 is 1.86 bits per heavy atom. The van der Waals surface area contributed by atoms with E-state index in [0.29, 0.717) is 0 Å². The molecule has 2 rings (SSSR count). The third kappa shape index (κ3) is 2.48. The third-order valence-electron chi connectivity index (χ3n) is 4.06.